The van der Waals surface area contributed by atoms with Gasteiger partial charge < -0.3 is 44.6 Å². The number of aromatic amines is 2. The number of nitrogens with one attached hydrogen (secondary N) is 4. The van der Waals surface area contributed by atoms with Gasteiger partial charge in [0.2, 0.25) is 18.0 Å². The Morgan fingerprint density at radius 1 is 0.870 bits per heavy atom. The average Bonchev–Trinajstić information content (AvgIpc) is 4.19. The number of alkyl halides is 1. The molecule has 364 valence electrons. The molecule has 0 radical (unpaired) electrons. The molecule has 3 aliphatic rings. The van der Waals surface area contributed by atoms with Crippen molar-refractivity contribution in [3.63, 3.8) is 0 Å². The summed E-state index contributed by atoms with van der Waals surface area (Å²) in [6, 6.07) is 9.71. The monoisotopic (exact) mass is 962 g/mol. The van der Waals surface area contributed by atoms with E-state index in [4.69, 9.17) is 29.2 Å². The molecule has 4 N–H and O–H groups in total. The second kappa shape index (κ2) is 19.0. The Balaban J connectivity index is 1.03. The van der Waals surface area contributed by atoms with E-state index in [1.807, 2.05) is 32.2 Å². The normalized spacial score (nSPS) is 18.7. The highest BCUT2D eigenvalue weighted by Gasteiger charge is 2.44. The fourth-order valence-corrected chi connectivity index (χ4v) is 11.0. The topological polar surface area (TPSA) is 202 Å². The van der Waals surface area contributed by atoms with Gasteiger partial charge in [-0.2, -0.15) is 0 Å². The van der Waals surface area contributed by atoms with Crippen LogP contribution in [0, 0.1) is 12.8 Å². The van der Waals surface area contributed by atoms with Crippen LogP contribution in [0.15, 0.2) is 55.0 Å². The van der Waals surface area contributed by atoms with Crippen molar-refractivity contribution in [3.05, 3.63) is 82.1 Å². The predicted octanol–water partition coefficient (Wildman–Crippen LogP) is 8.93. The number of imidazole rings is 2. The van der Waals surface area contributed by atoms with Crippen LogP contribution in [0.1, 0.15) is 112 Å². The summed E-state index contributed by atoms with van der Waals surface area (Å²) in [5.41, 5.74) is 5.20. The minimum Gasteiger partial charge on any atom is -0.464 e. The largest absolute Gasteiger partial charge is 0.464 e. The quantitative estimate of drug-likeness (QED) is 0.0866. The molecule has 0 spiro atoms. The number of nitrogens with zero attached hydrogens (tertiary/aromatic N) is 6. The van der Waals surface area contributed by atoms with E-state index in [1.54, 1.807) is 33.5 Å². The number of amides is 4. The number of carbonyl (C=O) groups excluding carboxylic acids is 4. The number of hydrogen-bond acceptors (Lipinski definition) is 11. The van der Waals surface area contributed by atoms with Crippen LogP contribution in [0.4, 0.5) is 14.0 Å². The zero-order valence-corrected chi connectivity index (χ0v) is 41.0. The third kappa shape index (κ3) is 9.03. The van der Waals surface area contributed by atoms with Crippen LogP contribution in [0.2, 0.25) is 0 Å². The van der Waals surface area contributed by atoms with Crippen LogP contribution in [0.3, 0.4) is 0 Å². The first kappa shape index (κ1) is 47.3. The first-order valence-electron chi connectivity index (χ1n) is 23.6. The number of rotatable bonds is 13. The van der Waals surface area contributed by atoms with Gasteiger partial charge in [-0.1, -0.05) is 26.8 Å². The highest BCUT2D eigenvalue weighted by atomic mass is 32.1. The summed E-state index contributed by atoms with van der Waals surface area (Å²) in [4.78, 5) is 77.6. The van der Waals surface area contributed by atoms with E-state index in [0.717, 1.165) is 85.8 Å². The molecule has 2 aromatic carbocycles. The number of thiazole rings is 1. The molecule has 3 aliphatic heterocycles. The second-order valence-corrected chi connectivity index (χ2v) is 20.1. The summed E-state index contributed by atoms with van der Waals surface area (Å²) in [5.74, 6) is 1.11. The van der Waals surface area contributed by atoms with Gasteiger partial charge in [0.05, 0.1) is 71.2 Å². The number of aryl methyl sites for hydroxylation is 2. The smallest absolute Gasteiger partial charge is 0.407 e. The van der Waals surface area contributed by atoms with E-state index in [1.165, 1.54) is 28.1 Å². The lowest BCUT2D eigenvalue weighted by atomic mass is 9.98. The summed E-state index contributed by atoms with van der Waals surface area (Å²) in [6.07, 6.45) is 8.13. The number of likely N-dealkylation sites (tertiary alicyclic amines) is 2. The predicted molar refractivity (Wildman–Crippen MR) is 258 cm³/mol. The van der Waals surface area contributed by atoms with Crippen molar-refractivity contribution in [2.45, 2.75) is 116 Å². The highest BCUT2D eigenvalue weighted by molar-refractivity contribution is 7.11. The molecule has 0 bridgehead atoms. The van der Waals surface area contributed by atoms with Gasteiger partial charge in [0.15, 0.2) is 0 Å². The molecule has 7 heterocycles. The van der Waals surface area contributed by atoms with Gasteiger partial charge in [-0.3, -0.25) is 14.2 Å². The summed E-state index contributed by atoms with van der Waals surface area (Å²) < 4.78 is 34.1. The Hall–Kier alpha value is -6.76. The van der Waals surface area contributed by atoms with E-state index in [9.17, 15) is 19.2 Å². The SMILES string of the molecule is CCCc1ncc(C2Oc3cc(-c4cnc([C@@H]5CCCN5C(=O)[C@@H](NC(=O)OC)C(C)C)[nH]4)cc(C)c3-c3cc4cc(-c5cnc([C@@H]6CCCN6C(=O)C(NC(=O)OC)C(C)(C)F)[nH]5)ccc4n32)s1. The minimum absolute atomic E-state index is 0.146. The summed E-state index contributed by atoms with van der Waals surface area (Å²) in [7, 11) is 2.46. The zero-order chi connectivity index (χ0) is 48.9. The van der Waals surface area contributed by atoms with Crippen molar-refractivity contribution in [2.24, 2.45) is 5.92 Å². The molecule has 6 aromatic rings. The van der Waals surface area contributed by atoms with Gasteiger partial charge in [0, 0.05) is 41.4 Å². The molecule has 0 saturated carbocycles. The number of halogens is 1. The molecular formula is C50H59FN10O7S. The lowest BCUT2D eigenvalue weighted by Crippen LogP contribution is -2.56. The Morgan fingerprint density at radius 3 is 2.13 bits per heavy atom. The number of benzene rings is 2. The number of fused-ring (bicyclic) bond motifs is 5. The maximum absolute atomic E-state index is 15.3. The fraction of sp³-hybridized carbons (Fsp3) is 0.460. The standard InChI is InChI=1S/C50H59FN10O7S/c1-9-12-39-52-25-38(69-39)47-61-33-16-15-28(31-23-53-44(55-31)35-14-11-18-60(35)46(63)42(50(5,6)51)58-49(65)67-8)20-30(33)21-36(61)40-27(4)19-29(22-37(40)68-47)32-24-54-43(56-32)34-13-10-17-59(34)45(62)41(26(2)3)57-48(64)66-7/h15-16,19-26,34-35,41-42,47H,9-14,17-18H2,1-8H3,(H,53,55)(H,54,56)(H,57,64)(H,58,65)/t34-,35-,41-,42?,47?/m0/s1. The molecule has 4 aromatic heterocycles. The van der Waals surface area contributed by atoms with Gasteiger partial charge in [0.1, 0.15) is 35.2 Å². The molecule has 5 atom stereocenters. The van der Waals surface area contributed by atoms with Crippen LogP contribution in [-0.2, 0) is 25.5 Å². The maximum atomic E-state index is 15.3. The first-order valence-corrected chi connectivity index (χ1v) is 24.4. The van der Waals surface area contributed by atoms with Crippen LogP contribution < -0.4 is 15.4 Å². The average molecular weight is 963 g/mol. The van der Waals surface area contributed by atoms with E-state index in [0.29, 0.717) is 43.3 Å². The molecule has 19 heteroatoms. The lowest BCUT2D eigenvalue weighted by Gasteiger charge is -2.32. The summed E-state index contributed by atoms with van der Waals surface area (Å²) in [6.45, 7) is 11.5. The molecule has 2 fully saturated rings. The van der Waals surface area contributed by atoms with E-state index in [2.05, 4.69) is 63.3 Å². The molecule has 17 nitrogen and oxygen atoms in total. The van der Waals surface area contributed by atoms with E-state index in [-0.39, 0.29) is 17.9 Å². The summed E-state index contributed by atoms with van der Waals surface area (Å²) in [5, 5.41) is 7.13. The third-order valence-corrected chi connectivity index (χ3v) is 14.5. The maximum Gasteiger partial charge on any atom is 0.407 e. The minimum atomic E-state index is -2.04. The summed E-state index contributed by atoms with van der Waals surface area (Å²) >= 11 is 1.65. The molecule has 2 saturated heterocycles. The molecule has 9 rings (SSSR count). The fourth-order valence-electron chi connectivity index (χ4n) is 9.99. The van der Waals surface area contributed by atoms with Crippen molar-refractivity contribution in [1.29, 1.82) is 0 Å². The van der Waals surface area contributed by atoms with E-state index < -0.39 is 48.1 Å². The Bertz CT molecular complexity index is 2910. The van der Waals surface area contributed by atoms with Gasteiger partial charge in [0.25, 0.3) is 0 Å². The molecule has 2 unspecified atom stereocenters. The number of ether oxygens (including phenoxy) is 3. The number of methoxy groups -OCH3 is 2. The van der Waals surface area contributed by atoms with Gasteiger partial charge in [-0.25, -0.2) is 28.9 Å². The lowest BCUT2D eigenvalue weighted by molar-refractivity contribution is -0.138. The molecule has 0 aliphatic carbocycles. The van der Waals surface area contributed by atoms with Crippen LogP contribution >= 0.6 is 11.3 Å². The van der Waals surface area contributed by atoms with Gasteiger partial charge in [-0.05, 0) is 101 Å². The molecule has 69 heavy (non-hydrogen) atoms. The van der Waals surface area contributed by atoms with Crippen LogP contribution in [0.25, 0.3) is 44.7 Å². The van der Waals surface area contributed by atoms with Crippen molar-refractivity contribution >= 4 is 46.2 Å². The van der Waals surface area contributed by atoms with Crippen LogP contribution in [-0.4, -0.2) is 108 Å². The Labute approximate surface area is 403 Å². The van der Waals surface area contributed by atoms with Crippen LogP contribution in [0.5, 0.6) is 5.75 Å². The van der Waals surface area contributed by atoms with Gasteiger partial charge in [-0.15, -0.1) is 11.3 Å². The first-order chi connectivity index (χ1) is 33.1. The number of aromatic nitrogens is 6. The van der Waals surface area contributed by atoms with Crippen molar-refractivity contribution in [3.8, 4) is 39.5 Å². The molecular weight excluding hydrogens is 904 g/mol. The number of carbonyl (C=O) groups is 4. The Morgan fingerprint density at radius 2 is 1.51 bits per heavy atom. The number of hydrogen-bond donors (Lipinski definition) is 4. The van der Waals surface area contributed by atoms with Crippen molar-refractivity contribution < 1.29 is 37.8 Å². The number of alkyl carbamates (subject to hydrolysis) is 2. The van der Waals surface area contributed by atoms with Gasteiger partial charge >= 0.3 is 12.2 Å². The second-order valence-electron chi connectivity index (χ2n) is 19.0. The Kier molecular flexibility index (Phi) is 13.0. The molecule has 4 amide bonds. The number of H-pyrrole nitrogens is 2. The zero-order valence-electron chi connectivity index (χ0n) is 40.1. The highest BCUT2D eigenvalue weighted by Crippen LogP contribution is 2.48. The van der Waals surface area contributed by atoms with Crippen molar-refractivity contribution in [2.75, 3.05) is 27.3 Å². The van der Waals surface area contributed by atoms with Crippen molar-refractivity contribution in [1.82, 2.24) is 49.9 Å². The van der Waals surface area contributed by atoms with E-state index >= 15 is 4.39 Å². The third-order valence-electron chi connectivity index (χ3n) is 13.4.